The molecule has 1 heterocycles. The van der Waals surface area contributed by atoms with Gasteiger partial charge in [0.1, 0.15) is 11.6 Å². The fourth-order valence-corrected chi connectivity index (χ4v) is 4.00. The zero-order valence-electron chi connectivity index (χ0n) is 16.4. The molecule has 7 nitrogen and oxygen atoms in total. The first-order valence-electron chi connectivity index (χ1n) is 9.09. The van der Waals surface area contributed by atoms with Gasteiger partial charge in [-0.1, -0.05) is 6.07 Å². The lowest BCUT2D eigenvalue weighted by molar-refractivity contribution is -0.123. The smallest absolute Gasteiger partial charge is 0.293 e. The number of rotatable bonds is 8. The van der Waals surface area contributed by atoms with E-state index in [9.17, 15) is 18.8 Å². The molecule has 10 heteroatoms. The summed E-state index contributed by atoms with van der Waals surface area (Å²) in [6.45, 7) is 0.236. The minimum absolute atomic E-state index is 0.203. The summed E-state index contributed by atoms with van der Waals surface area (Å²) in [6.07, 6.45) is 1.62. The first-order chi connectivity index (χ1) is 14.9. The Morgan fingerprint density at radius 2 is 1.97 bits per heavy atom. The third-order valence-electron chi connectivity index (χ3n) is 4.13. The van der Waals surface area contributed by atoms with Crippen LogP contribution in [0, 0.1) is 5.82 Å². The van der Waals surface area contributed by atoms with E-state index < -0.39 is 11.7 Å². The topological polar surface area (TPSA) is 84.9 Å². The second-order valence-corrected chi connectivity index (χ2v) is 8.21. The quantitative estimate of drug-likeness (QED) is 0.535. The maximum absolute atomic E-state index is 12.9. The van der Waals surface area contributed by atoms with Crippen LogP contribution in [-0.2, 0) is 14.3 Å². The van der Waals surface area contributed by atoms with Crippen molar-refractivity contribution >= 4 is 56.5 Å². The van der Waals surface area contributed by atoms with Crippen LogP contribution in [0.2, 0.25) is 0 Å². The van der Waals surface area contributed by atoms with E-state index in [1.54, 1.807) is 24.3 Å². The number of methoxy groups -OCH3 is 1. The van der Waals surface area contributed by atoms with Gasteiger partial charge in [0.2, 0.25) is 0 Å². The number of carbonyl (C=O) groups excluding carboxylic acids is 3. The maximum Gasteiger partial charge on any atom is 0.293 e. The van der Waals surface area contributed by atoms with Crippen molar-refractivity contribution in [1.29, 1.82) is 0 Å². The molecule has 0 bridgehead atoms. The van der Waals surface area contributed by atoms with Gasteiger partial charge < -0.3 is 14.8 Å². The van der Waals surface area contributed by atoms with E-state index in [0.717, 1.165) is 16.7 Å². The molecule has 1 aliphatic heterocycles. The molecule has 0 aliphatic carbocycles. The Kier molecular flexibility index (Phi) is 7.83. The number of imide groups is 1. The van der Waals surface area contributed by atoms with Gasteiger partial charge in [0, 0.05) is 12.8 Å². The zero-order chi connectivity index (χ0) is 22.4. The third kappa shape index (κ3) is 6.16. The molecule has 3 rings (SSSR count). The van der Waals surface area contributed by atoms with Crippen LogP contribution in [0.5, 0.6) is 5.75 Å². The maximum atomic E-state index is 12.9. The van der Waals surface area contributed by atoms with Crippen LogP contribution in [0.25, 0.3) is 6.08 Å². The van der Waals surface area contributed by atoms with Crippen LogP contribution >= 0.6 is 27.7 Å². The van der Waals surface area contributed by atoms with Crippen molar-refractivity contribution in [3.63, 3.8) is 0 Å². The third-order valence-corrected chi connectivity index (χ3v) is 5.66. The molecular formula is C21H18BrFN2O5S. The Hall–Kier alpha value is -2.69. The second-order valence-electron chi connectivity index (χ2n) is 6.36. The summed E-state index contributed by atoms with van der Waals surface area (Å²) in [5.74, 6) is -0.717. The van der Waals surface area contributed by atoms with Crippen LogP contribution in [0.3, 0.4) is 0 Å². The lowest BCUT2D eigenvalue weighted by Crippen LogP contribution is -2.31. The number of benzene rings is 2. The molecule has 1 aliphatic rings. The minimum Gasteiger partial charge on any atom is -0.483 e. The highest BCUT2D eigenvalue weighted by atomic mass is 79.9. The highest BCUT2D eigenvalue weighted by Crippen LogP contribution is 2.33. The van der Waals surface area contributed by atoms with E-state index >= 15 is 0 Å². The highest BCUT2D eigenvalue weighted by Gasteiger charge is 2.34. The SMILES string of the molecule is COCCN1C(=O)S/C(=C/c2ccc(OCC(=O)Nc3ccc(F)cc3)c(Br)c2)C1=O. The molecule has 2 aromatic rings. The van der Waals surface area contributed by atoms with Crippen molar-refractivity contribution < 1.29 is 28.2 Å². The molecule has 2 aromatic carbocycles. The van der Waals surface area contributed by atoms with Gasteiger partial charge in [-0.2, -0.15) is 0 Å². The number of nitrogens with one attached hydrogen (secondary N) is 1. The normalized spacial score (nSPS) is 14.9. The molecule has 1 saturated heterocycles. The zero-order valence-corrected chi connectivity index (χ0v) is 18.8. The molecule has 0 saturated carbocycles. The Morgan fingerprint density at radius 3 is 2.65 bits per heavy atom. The molecule has 1 fully saturated rings. The van der Waals surface area contributed by atoms with E-state index in [0.29, 0.717) is 26.4 Å². The lowest BCUT2D eigenvalue weighted by atomic mass is 10.2. The summed E-state index contributed by atoms with van der Waals surface area (Å²) >= 11 is 4.25. The summed E-state index contributed by atoms with van der Waals surface area (Å²) in [6, 6.07) is 10.5. The summed E-state index contributed by atoms with van der Waals surface area (Å²) < 4.78 is 23.9. The van der Waals surface area contributed by atoms with Crippen LogP contribution < -0.4 is 10.1 Å². The van der Waals surface area contributed by atoms with Crippen molar-refractivity contribution in [2.24, 2.45) is 0 Å². The number of nitrogens with zero attached hydrogens (tertiary/aromatic N) is 1. The average molecular weight is 509 g/mol. The fraction of sp³-hybridized carbons (Fsp3) is 0.190. The number of anilines is 1. The van der Waals surface area contributed by atoms with Crippen LogP contribution in [0.15, 0.2) is 51.8 Å². The summed E-state index contributed by atoms with van der Waals surface area (Å²) in [4.78, 5) is 37.9. The van der Waals surface area contributed by atoms with Gasteiger partial charge in [-0.25, -0.2) is 4.39 Å². The van der Waals surface area contributed by atoms with Gasteiger partial charge in [-0.3, -0.25) is 19.3 Å². The Labute approximate surface area is 190 Å². The molecule has 0 spiro atoms. The number of hydrogen-bond donors (Lipinski definition) is 1. The fourth-order valence-electron chi connectivity index (χ4n) is 2.62. The van der Waals surface area contributed by atoms with Crippen molar-refractivity contribution in [3.05, 3.63) is 63.2 Å². The molecule has 0 aromatic heterocycles. The first-order valence-corrected chi connectivity index (χ1v) is 10.7. The minimum atomic E-state index is -0.396. The summed E-state index contributed by atoms with van der Waals surface area (Å²) in [5.41, 5.74) is 1.15. The van der Waals surface area contributed by atoms with Gasteiger partial charge in [-0.05, 0) is 75.7 Å². The number of carbonyl (C=O) groups is 3. The van der Waals surface area contributed by atoms with Crippen molar-refractivity contribution in [2.45, 2.75) is 0 Å². The first kappa shape index (κ1) is 23.0. The molecule has 0 radical (unpaired) electrons. The van der Waals surface area contributed by atoms with Gasteiger partial charge >= 0.3 is 0 Å². The lowest BCUT2D eigenvalue weighted by Gasteiger charge is -2.11. The number of ether oxygens (including phenoxy) is 2. The van der Waals surface area contributed by atoms with Crippen LogP contribution in [-0.4, -0.2) is 48.8 Å². The van der Waals surface area contributed by atoms with E-state index in [2.05, 4.69) is 21.2 Å². The Balaban J connectivity index is 1.60. The highest BCUT2D eigenvalue weighted by molar-refractivity contribution is 9.10. The Bertz CT molecular complexity index is 1030. The van der Waals surface area contributed by atoms with E-state index in [1.807, 2.05) is 0 Å². The van der Waals surface area contributed by atoms with Gasteiger partial charge in [0.05, 0.1) is 22.5 Å². The molecular weight excluding hydrogens is 491 g/mol. The summed E-state index contributed by atoms with van der Waals surface area (Å²) in [5, 5.41) is 2.27. The van der Waals surface area contributed by atoms with E-state index in [1.165, 1.54) is 31.4 Å². The van der Waals surface area contributed by atoms with E-state index in [4.69, 9.17) is 9.47 Å². The predicted octanol–water partition coefficient (Wildman–Crippen LogP) is 4.29. The largest absolute Gasteiger partial charge is 0.483 e. The standard InChI is InChI=1S/C21H18BrFN2O5S/c1-29-9-8-25-20(27)18(31-21(25)28)11-13-2-7-17(16(22)10-13)30-12-19(26)24-15-5-3-14(23)4-6-15/h2-7,10-11H,8-9,12H2,1H3,(H,24,26)/b18-11+. The molecule has 162 valence electrons. The van der Waals surface area contributed by atoms with Crippen LogP contribution in [0.4, 0.5) is 14.9 Å². The summed E-state index contributed by atoms with van der Waals surface area (Å²) in [7, 11) is 1.50. The molecule has 3 amide bonds. The predicted molar refractivity (Wildman–Crippen MR) is 119 cm³/mol. The number of amides is 3. The monoisotopic (exact) mass is 508 g/mol. The molecule has 0 unspecified atom stereocenters. The van der Waals surface area contributed by atoms with E-state index in [-0.39, 0.29) is 30.9 Å². The van der Waals surface area contributed by atoms with Crippen LogP contribution in [0.1, 0.15) is 5.56 Å². The molecule has 0 atom stereocenters. The molecule has 31 heavy (non-hydrogen) atoms. The van der Waals surface area contributed by atoms with Crippen molar-refractivity contribution in [3.8, 4) is 5.75 Å². The van der Waals surface area contributed by atoms with Crippen molar-refractivity contribution in [1.82, 2.24) is 4.90 Å². The number of hydrogen-bond acceptors (Lipinski definition) is 6. The number of halogens is 2. The molecule has 1 N–H and O–H groups in total. The van der Waals surface area contributed by atoms with Gasteiger partial charge in [-0.15, -0.1) is 0 Å². The van der Waals surface area contributed by atoms with Gasteiger partial charge in [0.15, 0.2) is 6.61 Å². The number of thioether (sulfide) groups is 1. The van der Waals surface area contributed by atoms with Crippen molar-refractivity contribution in [2.75, 3.05) is 32.2 Å². The average Bonchev–Trinajstić information content (AvgIpc) is 3.00. The second kappa shape index (κ2) is 10.6. The van der Waals surface area contributed by atoms with Gasteiger partial charge in [0.25, 0.3) is 17.1 Å². The Morgan fingerprint density at radius 1 is 1.23 bits per heavy atom.